The maximum Gasteiger partial charge on any atom is 0.293 e. The van der Waals surface area contributed by atoms with Crippen molar-refractivity contribution in [3.8, 4) is 11.1 Å². The third-order valence-electron chi connectivity index (χ3n) is 5.22. The Labute approximate surface area is 191 Å². The highest BCUT2D eigenvalue weighted by Crippen LogP contribution is 2.31. The van der Waals surface area contributed by atoms with Crippen LogP contribution >= 0.6 is 0 Å². The lowest BCUT2D eigenvalue weighted by atomic mass is 10.0. The van der Waals surface area contributed by atoms with Crippen LogP contribution in [0.5, 0.6) is 0 Å². The average molecular weight is 438 g/mol. The minimum atomic E-state index is -0.498. The van der Waals surface area contributed by atoms with Crippen molar-refractivity contribution in [3.63, 3.8) is 0 Å². The van der Waals surface area contributed by atoms with E-state index < -0.39 is 10.8 Å². The van der Waals surface area contributed by atoms with E-state index in [4.69, 9.17) is 0 Å². The molecule has 1 amide bonds. The topological polar surface area (TPSA) is 97.2 Å². The summed E-state index contributed by atoms with van der Waals surface area (Å²) < 4.78 is 0. The van der Waals surface area contributed by atoms with Crippen molar-refractivity contribution in [3.05, 3.63) is 119 Å². The number of rotatable bonds is 7. The molecule has 0 saturated carbocycles. The van der Waals surface area contributed by atoms with Gasteiger partial charge in [0.15, 0.2) is 0 Å². The fraction of sp³-hybridized carbons (Fsp3) is 0.0769. The van der Waals surface area contributed by atoms with Gasteiger partial charge in [-0.1, -0.05) is 54.6 Å². The number of amides is 1. The van der Waals surface area contributed by atoms with Gasteiger partial charge in [-0.25, -0.2) is 0 Å². The number of benzene rings is 3. The summed E-state index contributed by atoms with van der Waals surface area (Å²) in [6, 6.07) is 26.8. The van der Waals surface area contributed by atoms with Crippen LogP contribution in [-0.4, -0.2) is 15.8 Å². The number of hydrogen-bond donors (Lipinski definition) is 2. The molecule has 0 bridgehead atoms. The van der Waals surface area contributed by atoms with Gasteiger partial charge in [0.25, 0.3) is 11.6 Å². The molecule has 7 nitrogen and oxygen atoms in total. The van der Waals surface area contributed by atoms with Gasteiger partial charge >= 0.3 is 0 Å². The molecule has 0 fully saturated rings. The van der Waals surface area contributed by atoms with E-state index in [9.17, 15) is 14.9 Å². The van der Waals surface area contributed by atoms with E-state index in [-0.39, 0.29) is 17.3 Å². The zero-order chi connectivity index (χ0) is 23.2. The van der Waals surface area contributed by atoms with E-state index in [0.717, 1.165) is 16.8 Å². The zero-order valence-electron chi connectivity index (χ0n) is 17.9. The van der Waals surface area contributed by atoms with Crippen molar-refractivity contribution in [2.45, 2.75) is 13.0 Å². The molecule has 0 spiro atoms. The van der Waals surface area contributed by atoms with Crippen molar-refractivity contribution in [2.24, 2.45) is 0 Å². The van der Waals surface area contributed by atoms with E-state index in [1.54, 1.807) is 24.4 Å². The minimum absolute atomic E-state index is 0.179. The molecule has 0 saturated heterocycles. The van der Waals surface area contributed by atoms with Gasteiger partial charge in [0.2, 0.25) is 0 Å². The molecule has 1 heterocycles. The first kappa shape index (κ1) is 21.7. The van der Waals surface area contributed by atoms with Crippen LogP contribution in [0.15, 0.2) is 97.2 Å². The summed E-state index contributed by atoms with van der Waals surface area (Å²) in [6.07, 6.45) is 1.67. The van der Waals surface area contributed by atoms with Crippen molar-refractivity contribution in [2.75, 3.05) is 10.6 Å². The highest BCUT2D eigenvalue weighted by Gasteiger charge is 2.20. The lowest BCUT2D eigenvalue weighted by Gasteiger charge is -2.15. The molecule has 1 aromatic heterocycles. The Balaban J connectivity index is 1.58. The third kappa shape index (κ3) is 5.04. The maximum atomic E-state index is 13.0. The van der Waals surface area contributed by atoms with Gasteiger partial charge < -0.3 is 10.6 Å². The molecule has 0 aliphatic heterocycles. The fourth-order valence-corrected chi connectivity index (χ4v) is 3.54. The number of carbonyl (C=O) groups is 1. The summed E-state index contributed by atoms with van der Waals surface area (Å²) in [6.45, 7) is 1.87. The Morgan fingerprint density at radius 3 is 2.36 bits per heavy atom. The van der Waals surface area contributed by atoms with E-state index in [1.807, 2.05) is 73.7 Å². The number of carbonyl (C=O) groups excluding carboxylic acids is 1. The molecular weight excluding hydrogens is 416 g/mol. The molecule has 0 aliphatic rings. The summed E-state index contributed by atoms with van der Waals surface area (Å²) in [5.74, 6) is -0.425. The number of nitro benzene ring substituents is 1. The average Bonchev–Trinajstić information content (AvgIpc) is 2.85. The highest BCUT2D eigenvalue weighted by atomic mass is 16.6. The summed E-state index contributed by atoms with van der Waals surface area (Å²) in [7, 11) is 0. The SMILES string of the molecule is CC(Nc1ccc(C(=O)Nc2ccccc2-c2ccccc2)cc1[N+](=O)[O-])c1ccccn1. The molecule has 7 heteroatoms. The van der Waals surface area contributed by atoms with Crippen LogP contribution in [0.2, 0.25) is 0 Å². The molecule has 164 valence electrons. The lowest BCUT2D eigenvalue weighted by Crippen LogP contribution is -2.14. The van der Waals surface area contributed by atoms with Crippen molar-refractivity contribution < 1.29 is 9.72 Å². The second-order valence-electron chi connectivity index (χ2n) is 7.48. The number of hydrogen-bond acceptors (Lipinski definition) is 5. The largest absolute Gasteiger partial charge is 0.371 e. The van der Waals surface area contributed by atoms with Crippen LogP contribution in [0, 0.1) is 10.1 Å². The first-order valence-corrected chi connectivity index (χ1v) is 10.4. The standard InChI is InChI=1S/C26H22N4O3/c1-18(22-12-7-8-16-27-22)28-24-15-14-20(17-25(24)30(32)33)26(31)29-23-13-6-5-11-21(23)19-9-3-2-4-10-19/h2-18,28H,1H3,(H,29,31). The Hall–Kier alpha value is -4.52. The second kappa shape index (κ2) is 9.74. The summed E-state index contributed by atoms with van der Waals surface area (Å²) in [5, 5.41) is 17.7. The van der Waals surface area contributed by atoms with Crippen LogP contribution in [0.1, 0.15) is 29.0 Å². The van der Waals surface area contributed by atoms with Crippen molar-refractivity contribution in [1.82, 2.24) is 4.98 Å². The second-order valence-corrected chi connectivity index (χ2v) is 7.48. The van der Waals surface area contributed by atoms with Gasteiger partial charge in [-0.3, -0.25) is 19.9 Å². The molecule has 33 heavy (non-hydrogen) atoms. The van der Waals surface area contributed by atoms with E-state index in [0.29, 0.717) is 11.4 Å². The molecule has 1 atom stereocenters. The van der Waals surface area contributed by atoms with E-state index in [2.05, 4.69) is 15.6 Å². The van der Waals surface area contributed by atoms with Crippen LogP contribution in [0.25, 0.3) is 11.1 Å². The number of nitrogens with one attached hydrogen (secondary N) is 2. The summed E-state index contributed by atoms with van der Waals surface area (Å²) in [5.41, 5.74) is 3.54. The number of nitro groups is 1. The van der Waals surface area contributed by atoms with Crippen LogP contribution in [0.3, 0.4) is 0 Å². The Morgan fingerprint density at radius 2 is 1.64 bits per heavy atom. The van der Waals surface area contributed by atoms with Gasteiger partial charge in [0, 0.05) is 29.1 Å². The van der Waals surface area contributed by atoms with Crippen LogP contribution < -0.4 is 10.6 Å². The molecule has 4 aromatic rings. The normalized spacial score (nSPS) is 11.4. The Kier molecular flexibility index (Phi) is 6.40. The molecular formula is C26H22N4O3. The van der Waals surface area contributed by atoms with Crippen LogP contribution in [0.4, 0.5) is 17.1 Å². The Bertz CT molecular complexity index is 1280. The molecule has 4 rings (SSSR count). The lowest BCUT2D eigenvalue weighted by molar-refractivity contribution is -0.384. The quantitative estimate of drug-likeness (QED) is 0.269. The molecule has 0 aliphatic carbocycles. The minimum Gasteiger partial charge on any atom is -0.371 e. The van der Waals surface area contributed by atoms with Crippen molar-refractivity contribution >= 4 is 23.0 Å². The van der Waals surface area contributed by atoms with Gasteiger partial charge in [-0.15, -0.1) is 0 Å². The summed E-state index contributed by atoms with van der Waals surface area (Å²) >= 11 is 0. The maximum absolute atomic E-state index is 13.0. The number of anilines is 2. The number of para-hydroxylation sites is 1. The smallest absolute Gasteiger partial charge is 0.293 e. The summed E-state index contributed by atoms with van der Waals surface area (Å²) in [4.78, 5) is 28.5. The molecule has 0 radical (unpaired) electrons. The predicted octanol–water partition coefficient (Wildman–Crippen LogP) is 6.08. The van der Waals surface area contributed by atoms with Gasteiger partial charge in [0.1, 0.15) is 5.69 Å². The number of aromatic nitrogens is 1. The monoisotopic (exact) mass is 438 g/mol. The van der Waals surface area contributed by atoms with Crippen molar-refractivity contribution in [1.29, 1.82) is 0 Å². The van der Waals surface area contributed by atoms with E-state index >= 15 is 0 Å². The van der Waals surface area contributed by atoms with Gasteiger partial charge in [-0.05, 0) is 42.8 Å². The fourth-order valence-electron chi connectivity index (χ4n) is 3.54. The van der Waals surface area contributed by atoms with Gasteiger partial charge in [-0.2, -0.15) is 0 Å². The van der Waals surface area contributed by atoms with Gasteiger partial charge in [0.05, 0.1) is 16.7 Å². The first-order chi connectivity index (χ1) is 16.0. The first-order valence-electron chi connectivity index (χ1n) is 10.4. The molecule has 3 aromatic carbocycles. The zero-order valence-corrected chi connectivity index (χ0v) is 17.9. The number of pyridine rings is 1. The molecule has 1 unspecified atom stereocenters. The Morgan fingerprint density at radius 1 is 0.909 bits per heavy atom. The predicted molar refractivity (Wildman–Crippen MR) is 129 cm³/mol. The third-order valence-corrected chi connectivity index (χ3v) is 5.22. The number of nitrogens with zero attached hydrogens (tertiary/aromatic N) is 2. The molecule has 2 N–H and O–H groups in total. The highest BCUT2D eigenvalue weighted by molar-refractivity contribution is 6.07. The van der Waals surface area contributed by atoms with E-state index in [1.165, 1.54) is 6.07 Å². The van der Waals surface area contributed by atoms with Crippen LogP contribution in [-0.2, 0) is 0 Å².